The highest BCUT2D eigenvalue weighted by Crippen LogP contribution is 2.20. The van der Waals surface area contributed by atoms with Crippen molar-refractivity contribution < 1.29 is 31.9 Å². The molecule has 0 aliphatic rings. The van der Waals surface area contributed by atoms with E-state index in [-0.39, 0.29) is 54.0 Å². The number of aliphatic imine (C=N–C) groups is 1. The molecule has 4 aromatic rings. The summed E-state index contributed by atoms with van der Waals surface area (Å²) in [5, 5.41) is 12.7. The molecule has 6 nitrogen and oxygen atoms in total. The van der Waals surface area contributed by atoms with Crippen molar-refractivity contribution in [3.05, 3.63) is 143 Å². The minimum atomic E-state index is -1.52. The Morgan fingerprint density at radius 3 is 1.62 bits per heavy atom. The van der Waals surface area contributed by atoms with Crippen molar-refractivity contribution in [3.8, 4) is 0 Å². The van der Waals surface area contributed by atoms with Crippen molar-refractivity contribution in [3.63, 3.8) is 0 Å². The zero-order valence-electron chi connectivity index (χ0n) is 34.5. The predicted molar refractivity (Wildman–Crippen MR) is 226 cm³/mol. The van der Waals surface area contributed by atoms with E-state index in [4.69, 9.17) is 10.2 Å². The lowest BCUT2D eigenvalue weighted by molar-refractivity contribution is 0.112. The number of nitrogens with zero attached hydrogens (tertiary/aromatic N) is 1. The molecule has 0 spiro atoms. The van der Waals surface area contributed by atoms with Gasteiger partial charge in [-0.2, -0.15) is 0 Å². The number of nitrogens with two attached hydrogens (primary N) is 1. The third kappa shape index (κ3) is 21.3. The first-order valence-electron chi connectivity index (χ1n) is 19.2. The Morgan fingerprint density at radius 1 is 0.732 bits per heavy atom. The number of carbonyl (C=O) groups is 1. The minimum absolute atomic E-state index is 0.0364. The Labute approximate surface area is 333 Å². The third-order valence-electron chi connectivity index (χ3n) is 8.50. The van der Waals surface area contributed by atoms with Gasteiger partial charge in [-0.05, 0) is 110 Å². The van der Waals surface area contributed by atoms with Crippen molar-refractivity contribution in [2.75, 3.05) is 13.2 Å². The monoisotopic (exact) mass is 797 g/mol. The number of hydrogen-bond acceptors (Lipinski definition) is 6. The standard InChI is InChI=1S/C15H24FNOSi.C14H22FNO.C9H12FN.C7H5FO/c1-12(2)15(11-18-19(3,4)5)17-10-13-7-6-8-14(16)9-13;1-4-13(16-14(9-17)10(2)3)11-6-5-7-12(15)8-11;1-2-9(11)7-4-3-5-8(10)6-7;8-7-3-1-2-6(4-7)5-9/h6-10,12,15H,11H2,1-5H3;5-8,10,13-14,16-17H,4,9H2,1-3H3;3-6,9H,2,11H2,1H3;1-5H/t15-;13-,14+;9-;/m011./s1. The van der Waals surface area contributed by atoms with Crippen LogP contribution in [0.5, 0.6) is 0 Å². The van der Waals surface area contributed by atoms with E-state index in [0.717, 1.165) is 29.5 Å². The predicted octanol–water partition coefficient (Wildman–Crippen LogP) is 10.9. The summed E-state index contributed by atoms with van der Waals surface area (Å²) in [5.74, 6) is -0.286. The lowest BCUT2D eigenvalue weighted by atomic mass is 9.99. The molecule has 56 heavy (non-hydrogen) atoms. The van der Waals surface area contributed by atoms with E-state index in [9.17, 15) is 27.5 Å². The molecule has 4 atom stereocenters. The van der Waals surface area contributed by atoms with Gasteiger partial charge in [0.15, 0.2) is 8.32 Å². The van der Waals surface area contributed by atoms with Crippen LogP contribution >= 0.6 is 0 Å². The molecular formula is C45H63F4N3O3Si. The average molecular weight is 798 g/mol. The number of aliphatic hydroxyl groups excluding tert-OH is 1. The molecule has 0 saturated heterocycles. The Kier molecular flexibility index (Phi) is 23.9. The van der Waals surface area contributed by atoms with Gasteiger partial charge < -0.3 is 20.6 Å². The van der Waals surface area contributed by atoms with Gasteiger partial charge in [-0.3, -0.25) is 9.79 Å². The summed E-state index contributed by atoms with van der Waals surface area (Å²) in [5.41, 5.74) is 8.66. The van der Waals surface area contributed by atoms with E-state index >= 15 is 0 Å². The highest BCUT2D eigenvalue weighted by Gasteiger charge is 2.20. The van der Waals surface area contributed by atoms with Crippen molar-refractivity contribution >= 4 is 20.8 Å². The topological polar surface area (TPSA) is 96.9 Å². The number of aliphatic hydroxyl groups is 1. The fraction of sp³-hybridized carbons (Fsp3) is 0.422. The summed E-state index contributed by atoms with van der Waals surface area (Å²) in [6, 6.07) is 25.3. The van der Waals surface area contributed by atoms with Gasteiger partial charge in [-0.1, -0.05) is 90.1 Å². The maximum atomic E-state index is 13.2. The second-order valence-corrected chi connectivity index (χ2v) is 19.5. The van der Waals surface area contributed by atoms with Crippen LogP contribution in [-0.2, 0) is 4.43 Å². The second kappa shape index (κ2) is 26.8. The quantitative estimate of drug-likeness (QED) is 0.0482. The first-order valence-corrected chi connectivity index (χ1v) is 22.6. The SMILES string of the molecule is CC(C)[C@H](CO[Si](C)(C)C)N=Cc1cccc(F)c1.CC[C@@H](N)c1cccc(F)c1.CC[C@@H](N[C@@H](CO)C(C)C)c1cccc(F)c1.O=Cc1cccc(F)c1. The smallest absolute Gasteiger partial charge is 0.183 e. The van der Waals surface area contributed by atoms with Gasteiger partial charge in [0, 0.05) is 29.9 Å². The molecule has 0 unspecified atom stereocenters. The Hall–Kier alpha value is -4.00. The second-order valence-electron chi connectivity index (χ2n) is 15.0. The van der Waals surface area contributed by atoms with Gasteiger partial charge in [0.2, 0.25) is 0 Å². The molecule has 0 radical (unpaired) electrons. The summed E-state index contributed by atoms with van der Waals surface area (Å²) in [7, 11) is -1.52. The third-order valence-corrected chi connectivity index (χ3v) is 9.53. The molecule has 0 aliphatic carbocycles. The van der Waals surface area contributed by atoms with Crippen LogP contribution < -0.4 is 11.1 Å². The molecule has 4 N–H and O–H groups in total. The molecule has 0 aromatic heterocycles. The Balaban J connectivity index is 0.000000388. The molecule has 0 fully saturated rings. The average Bonchev–Trinajstić information content (AvgIpc) is 3.15. The van der Waals surface area contributed by atoms with E-state index in [1.165, 1.54) is 48.5 Å². The summed E-state index contributed by atoms with van der Waals surface area (Å²) in [4.78, 5) is 14.5. The largest absolute Gasteiger partial charge is 0.415 e. The molecule has 0 saturated carbocycles. The maximum absolute atomic E-state index is 13.2. The Morgan fingerprint density at radius 2 is 1.21 bits per heavy atom. The highest BCUT2D eigenvalue weighted by atomic mass is 28.4. The van der Waals surface area contributed by atoms with Gasteiger partial charge in [-0.25, -0.2) is 17.6 Å². The fourth-order valence-electron chi connectivity index (χ4n) is 4.95. The van der Waals surface area contributed by atoms with Gasteiger partial charge in [0.1, 0.15) is 29.6 Å². The highest BCUT2D eigenvalue weighted by molar-refractivity contribution is 6.69. The summed E-state index contributed by atoms with van der Waals surface area (Å²) >= 11 is 0. The van der Waals surface area contributed by atoms with Crippen molar-refractivity contribution in [2.45, 2.75) is 98.2 Å². The van der Waals surface area contributed by atoms with E-state index in [2.05, 4.69) is 64.6 Å². The van der Waals surface area contributed by atoms with Gasteiger partial charge in [0.05, 0.1) is 19.3 Å². The number of carbonyl (C=O) groups excluding carboxylic acids is 1. The number of hydrogen-bond donors (Lipinski definition) is 3. The molecule has 0 heterocycles. The number of nitrogens with one attached hydrogen (secondary N) is 1. The van der Waals surface area contributed by atoms with Gasteiger partial charge in [0.25, 0.3) is 0 Å². The molecular weight excluding hydrogens is 735 g/mol. The van der Waals surface area contributed by atoms with Crippen molar-refractivity contribution in [1.29, 1.82) is 0 Å². The van der Waals surface area contributed by atoms with Crippen LogP contribution in [0.15, 0.2) is 102 Å². The van der Waals surface area contributed by atoms with Crippen LogP contribution in [0.2, 0.25) is 19.6 Å². The van der Waals surface area contributed by atoms with Crippen LogP contribution in [-0.4, -0.2) is 51.2 Å². The molecule has 0 bridgehead atoms. The first kappa shape index (κ1) is 50.0. The number of halogens is 4. The van der Waals surface area contributed by atoms with Crippen LogP contribution in [0.3, 0.4) is 0 Å². The molecule has 11 heteroatoms. The lowest BCUT2D eigenvalue weighted by Crippen LogP contribution is -2.39. The first-order chi connectivity index (χ1) is 26.4. The molecule has 4 aromatic carbocycles. The van der Waals surface area contributed by atoms with E-state index in [1.807, 2.05) is 25.1 Å². The number of rotatable bonds is 15. The molecule has 0 aliphatic heterocycles. The molecule has 0 amide bonds. The fourth-order valence-corrected chi connectivity index (χ4v) is 5.62. The minimum Gasteiger partial charge on any atom is -0.415 e. The molecule has 4 rings (SSSR count). The summed E-state index contributed by atoms with van der Waals surface area (Å²) in [6.07, 6.45) is 4.06. The Bertz CT molecular complexity index is 1720. The number of aldehydes is 1. The lowest BCUT2D eigenvalue weighted by Gasteiger charge is -2.26. The zero-order chi connectivity index (χ0) is 42.3. The zero-order valence-corrected chi connectivity index (χ0v) is 35.5. The van der Waals surface area contributed by atoms with E-state index < -0.39 is 8.32 Å². The van der Waals surface area contributed by atoms with Gasteiger partial charge >= 0.3 is 0 Å². The maximum Gasteiger partial charge on any atom is 0.183 e. The van der Waals surface area contributed by atoms with Crippen molar-refractivity contribution in [1.82, 2.24) is 5.32 Å². The number of benzene rings is 4. The van der Waals surface area contributed by atoms with Crippen LogP contribution in [0.1, 0.15) is 93.5 Å². The van der Waals surface area contributed by atoms with Crippen molar-refractivity contribution in [2.24, 2.45) is 22.6 Å². The van der Waals surface area contributed by atoms with Gasteiger partial charge in [-0.15, -0.1) is 0 Å². The van der Waals surface area contributed by atoms with E-state index in [1.54, 1.807) is 36.5 Å². The molecule has 308 valence electrons. The summed E-state index contributed by atoms with van der Waals surface area (Å²) in [6.45, 7) is 19.7. The van der Waals surface area contributed by atoms with Crippen LogP contribution in [0.4, 0.5) is 17.6 Å². The summed E-state index contributed by atoms with van der Waals surface area (Å²) < 4.78 is 57.0. The van der Waals surface area contributed by atoms with Crippen LogP contribution in [0, 0.1) is 35.1 Å². The normalized spacial score (nSPS) is 13.4. The van der Waals surface area contributed by atoms with E-state index in [0.29, 0.717) is 30.3 Å². The van der Waals surface area contributed by atoms with Crippen LogP contribution in [0.25, 0.3) is 0 Å².